The molecular weight excluding hydrogens is 262 g/mol. The van der Waals surface area contributed by atoms with Gasteiger partial charge in [-0.15, -0.1) is 0 Å². The lowest BCUT2D eigenvalue weighted by molar-refractivity contribution is 0.263. The number of pyridine rings is 1. The zero-order chi connectivity index (χ0) is 15.4. The summed E-state index contributed by atoms with van der Waals surface area (Å²) in [6.07, 6.45) is 0. The molecule has 1 aromatic heterocycles. The second kappa shape index (κ2) is 6.48. The number of aromatic nitrogens is 1. The lowest BCUT2D eigenvalue weighted by Crippen LogP contribution is -2.08. The van der Waals surface area contributed by atoms with E-state index in [0.717, 1.165) is 11.5 Å². The molecule has 0 fully saturated rings. The Morgan fingerprint density at radius 2 is 1.95 bits per heavy atom. The van der Waals surface area contributed by atoms with Crippen LogP contribution in [-0.2, 0) is 0 Å². The van der Waals surface area contributed by atoms with Crippen LogP contribution in [0, 0.1) is 19.8 Å². The Morgan fingerprint density at radius 1 is 1.19 bits per heavy atom. The third-order valence-electron chi connectivity index (χ3n) is 3.10. The van der Waals surface area contributed by atoms with Crippen LogP contribution in [0.25, 0.3) is 0 Å². The number of rotatable bonds is 5. The molecule has 1 heterocycles. The van der Waals surface area contributed by atoms with Crippen LogP contribution < -0.4 is 15.8 Å². The first kappa shape index (κ1) is 15.2. The molecule has 0 atom stereocenters. The van der Waals surface area contributed by atoms with Crippen LogP contribution in [0.3, 0.4) is 0 Å². The van der Waals surface area contributed by atoms with E-state index in [1.807, 2.05) is 12.1 Å². The van der Waals surface area contributed by atoms with E-state index in [-0.39, 0.29) is 0 Å². The summed E-state index contributed by atoms with van der Waals surface area (Å²) in [6, 6.07) is 9.96. The summed E-state index contributed by atoms with van der Waals surface area (Å²) in [4.78, 5) is 4.45. The van der Waals surface area contributed by atoms with Crippen LogP contribution in [0.4, 0.5) is 17.2 Å². The van der Waals surface area contributed by atoms with Crippen LogP contribution in [0.1, 0.15) is 25.0 Å². The highest BCUT2D eigenvalue weighted by Crippen LogP contribution is 2.25. The molecule has 1 aromatic carbocycles. The van der Waals surface area contributed by atoms with Crippen molar-refractivity contribution >= 4 is 17.2 Å². The standard InChI is InChI=1S/C17H23N3O/c1-11(2)10-21-17-14(18)7-8-16(20-17)19-15-9-12(3)5-6-13(15)4/h5-9,11H,10,18H2,1-4H3,(H,19,20). The van der Waals surface area contributed by atoms with Crippen molar-refractivity contribution in [2.24, 2.45) is 5.92 Å². The minimum absolute atomic E-state index is 0.432. The monoisotopic (exact) mass is 285 g/mol. The first-order valence-corrected chi connectivity index (χ1v) is 7.19. The molecule has 0 unspecified atom stereocenters. The van der Waals surface area contributed by atoms with Crippen molar-refractivity contribution in [3.05, 3.63) is 41.5 Å². The zero-order valence-electron chi connectivity index (χ0n) is 13.1. The molecule has 2 rings (SSSR count). The molecule has 0 aliphatic rings. The van der Waals surface area contributed by atoms with Gasteiger partial charge in [-0.25, -0.2) is 0 Å². The fourth-order valence-electron chi connectivity index (χ4n) is 1.89. The minimum Gasteiger partial charge on any atom is -0.476 e. The van der Waals surface area contributed by atoms with E-state index in [9.17, 15) is 0 Å². The van der Waals surface area contributed by atoms with Crippen LogP contribution in [0.2, 0.25) is 0 Å². The van der Waals surface area contributed by atoms with Gasteiger partial charge in [-0.05, 0) is 49.1 Å². The number of anilines is 3. The summed E-state index contributed by atoms with van der Waals surface area (Å²) in [6.45, 7) is 8.92. The fourth-order valence-corrected chi connectivity index (χ4v) is 1.89. The van der Waals surface area contributed by atoms with Crippen molar-refractivity contribution in [2.45, 2.75) is 27.7 Å². The predicted octanol–water partition coefficient (Wildman–Crippen LogP) is 4.06. The average Bonchev–Trinajstić information content (AvgIpc) is 2.43. The highest BCUT2D eigenvalue weighted by atomic mass is 16.5. The van der Waals surface area contributed by atoms with E-state index >= 15 is 0 Å². The molecule has 0 saturated carbocycles. The Bertz CT molecular complexity index is 623. The van der Waals surface area contributed by atoms with Crippen molar-refractivity contribution in [3.63, 3.8) is 0 Å². The maximum atomic E-state index is 5.91. The van der Waals surface area contributed by atoms with Crippen molar-refractivity contribution < 1.29 is 4.74 Å². The van der Waals surface area contributed by atoms with Gasteiger partial charge >= 0.3 is 0 Å². The number of benzene rings is 1. The van der Waals surface area contributed by atoms with Crippen LogP contribution in [0.5, 0.6) is 5.88 Å². The number of hydrogen-bond donors (Lipinski definition) is 2. The Morgan fingerprint density at radius 3 is 2.67 bits per heavy atom. The SMILES string of the molecule is Cc1ccc(C)c(Nc2ccc(N)c(OCC(C)C)n2)c1. The molecule has 0 aliphatic heterocycles. The van der Waals surface area contributed by atoms with Gasteiger partial charge in [0.05, 0.1) is 12.3 Å². The summed E-state index contributed by atoms with van der Waals surface area (Å²) < 4.78 is 5.65. The molecule has 4 nitrogen and oxygen atoms in total. The van der Waals surface area contributed by atoms with Gasteiger partial charge in [0.25, 0.3) is 0 Å². The first-order valence-electron chi connectivity index (χ1n) is 7.19. The third-order valence-corrected chi connectivity index (χ3v) is 3.10. The zero-order valence-corrected chi connectivity index (χ0v) is 13.1. The molecule has 0 aliphatic carbocycles. The van der Waals surface area contributed by atoms with E-state index in [0.29, 0.717) is 24.1 Å². The molecule has 0 amide bonds. The van der Waals surface area contributed by atoms with Crippen molar-refractivity contribution in [3.8, 4) is 5.88 Å². The lowest BCUT2D eigenvalue weighted by Gasteiger charge is -2.13. The van der Waals surface area contributed by atoms with Gasteiger partial charge in [0.1, 0.15) is 5.82 Å². The third kappa shape index (κ3) is 4.12. The Balaban J connectivity index is 2.20. The molecule has 0 saturated heterocycles. The number of nitrogens with zero attached hydrogens (tertiary/aromatic N) is 1. The van der Waals surface area contributed by atoms with Crippen molar-refractivity contribution in [2.75, 3.05) is 17.7 Å². The summed E-state index contributed by atoms with van der Waals surface area (Å²) in [5.41, 5.74) is 9.88. The van der Waals surface area contributed by atoms with Gasteiger partial charge in [0.15, 0.2) is 0 Å². The second-order valence-corrected chi connectivity index (χ2v) is 5.74. The fraction of sp³-hybridized carbons (Fsp3) is 0.353. The summed E-state index contributed by atoms with van der Waals surface area (Å²) in [5.74, 6) is 1.65. The molecule has 0 radical (unpaired) electrons. The minimum atomic E-state index is 0.432. The van der Waals surface area contributed by atoms with Gasteiger partial charge in [-0.2, -0.15) is 4.98 Å². The number of nitrogens with one attached hydrogen (secondary N) is 1. The van der Waals surface area contributed by atoms with Crippen molar-refractivity contribution in [1.29, 1.82) is 0 Å². The van der Waals surface area contributed by atoms with E-state index in [4.69, 9.17) is 10.5 Å². The normalized spacial score (nSPS) is 10.7. The smallest absolute Gasteiger partial charge is 0.239 e. The number of ether oxygens (including phenoxy) is 1. The van der Waals surface area contributed by atoms with Gasteiger partial charge in [-0.1, -0.05) is 26.0 Å². The summed E-state index contributed by atoms with van der Waals surface area (Å²) >= 11 is 0. The van der Waals surface area contributed by atoms with Gasteiger partial charge in [0, 0.05) is 5.69 Å². The highest BCUT2D eigenvalue weighted by molar-refractivity contribution is 5.63. The summed E-state index contributed by atoms with van der Waals surface area (Å²) in [7, 11) is 0. The van der Waals surface area contributed by atoms with E-state index in [1.165, 1.54) is 11.1 Å². The number of hydrogen-bond acceptors (Lipinski definition) is 4. The van der Waals surface area contributed by atoms with Crippen LogP contribution in [-0.4, -0.2) is 11.6 Å². The average molecular weight is 285 g/mol. The van der Waals surface area contributed by atoms with Gasteiger partial charge in [0.2, 0.25) is 5.88 Å². The molecule has 0 bridgehead atoms. The molecule has 21 heavy (non-hydrogen) atoms. The van der Waals surface area contributed by atoms with E-state index in [2.05, 4.69) is 56.2 Å². The highest BCUT2D eigenvalue weighted by Gasteiger charge is 2.07. The maximum Gasteiger partial charge on any atom is 0.239 e. The molecule has 2 aromatic rings. The topological polar surface area (TPSA) is 60.2 Å². The summed E-state index contributed by atoms with van der Waals surface area (Å²) in [5, 5.41) is 3.32. The van der Waals surface area contributed by atoms with Gasteiger partial charge in [-0.3, -0.25) is 0 Å². The van der Waals surface area contributed by atoms with Crippen LogP contribution >= 0.6 is 0 Å². The largest absolute Gasteiger partial charge is 0.476 e. The second-order valence-electron chi connectivity index (χ2n) is 5.74. The number of nitrogens with two attached hydrogens (primary N) is 1. The molecule has 4 heteroatoms. The number of nitrogen functional groups attached to an aromatic ring is 1. The maximum absolute atomic E-state index is 5.91. The lowest BCUT2D eigenvalue weighted by atomic mass is 10.1. The molecular formula is C17H23N3O. The van der Waals surface area contributed by atoms with Crippen LogP contribution in [0.15, 0.2) is 30.3 Å². The molecule has 0 spiro atoms. The Hall–Kier alpha value is -2.23. The predicted molar refractivity (Wildman–Crippen MR) is 88.2 cm³/mol. The molecule has 3 N–H and O–H groups in total. The number of aryl methyl sites for hydroxylation is 2. The van der Waals surface area contributed by atoms with E-state index in [1.54, 1.807) is 0 Å². The molecule has 112 valence electrons. The Labute approximate surface area is 126 Å². The quantitative estimate of drug-likeness (QED) is 0.869. The van der Waals surface area contributed by atoms with Crippen molar-refractivity contribution in [1.82, 2.24) is 4.98 Å². The van der Waals surface area contributed by atoms with E-state index < -0.39 is 0 Å². The first-order chi connectivity index (χ1) is 9.95. The van der Waals surface area contributed by atoms with Gasteiger partial charge < -0.3 is 15.8 Å². The Kier molecular flexibility index (Phi) is 4.68.